The van der Waals surface area contributed by atoms with Crippen LogP contribution in [0, 0.1) is 0 Å². The van der Waals surface area contributed by atoms with Gasteiger partial charge in [0.15, 0.2) is 0 Å². The fourth-order valence-electron chi connectivity index (χ4n) is 2.37. The quantitative estimate of drug-likeness (QED) is 0.798. The molecule has 20 heavy (non-hydrogen) atoms. The van der Waals surface area contributed by atoms with E-state index in [-0.39, 0.29) is 12.6 Å². The van der Waals surface area contributed by atoms with Crippen LogP contribution in [0.15, 0.2) is 24.3 Å². The van der Waals surface area contributed by atoms with E-state index in [4.69, 9.17) is 4.74 Å². The van der Waals surface area contributed by atoms with Gasteiger partial charge >= 0.3 is 0 Å². The first kappa shape index (κ1) is 15.2. The van der Waals surface area contributed by atoms with Crippen molar-refractivity contribution < 1.29 is 18.3 Å². The Morgan fingerprint density at radius 3 is 2.90 bits per heavy atom. The summed E-state index contributed by atoms with van der Waals surface area (Å²) in [7, 11) is -3.19. The van der Waals surface area contributed by atoms with Crippen LogP contribution in [-0.4, -0.2) is 57.5 Å². The maximum Gasteiger partial charge on any atom is 0.208 e. The van der Waals surface area contributed by atoms with Gasteiger partial charge in [0.1, 0.15) is 12.4 Å². The van der Waals surface area contributed by atoms with Crippen molar-refractivity contribution >= 4 is 10.0 Å². The second-order valence-corrected chi connectivity index (χ2v) is 6.62. The molecular formula is C13H20N2O4S. The summed E-state index contributed by atoms with van der Waals surface area (Å²) in [6.45, 7) is 1.98. The highest BCUT2D eigenvalue weighted by atomic mass is 32.2. The summed E-state index contributed by atoms with van der Waals surface area (Å²) < 4.78 is 30.3. The first-order valence-electron chi connectivity index (χ1n) is 6.52. The Morgan fingerprint density at radius 1 is 1.45 bits per heavy atom. The summed E-state index contributed by atoms with van der Waals surface area (Å²) in [5, 5.41) is 9.66. The monoisotopic (exact) mass is 300 g/mol. The van der Waals surface area contributed by atoms with E-state index in [1.165, 1.54) is 0 Å². The third kappa shape index (κ3) is 3.92. The molecule has 0 saturated heterocycles. The Balaban J connectivity index is 2.09. The van der Waals surface area contributed by atoms with E-state index >= 15 is 0 Å². The molecule has 112 valence electrons. The van der Waals surface area contributed by atoms with Crippen molar-refractivity contribution in [2.45, 2.75) is 6.04 Å². The lowest BCUT2D eigenvalue weighted by molar-refractivity contribution is 0.122. The van der Waals surface area contributed by atoms with Crippen molar-refractivity contribution in [2.24, 2.45) is 0 Å². The highest BCUT2D eigenvalue weighted by Gasteiger charge is 2.25. The van der Waals surface area contributed by atoms with Gasteiger partial charge < -0.3 is 9.84 Å². The van der Waals surface area contributed by atoms with Gasteiger partial charge in [0.25, 0.3) is 0 Å². The summed E-state index contributed by atoms with van der Waals surface area (Å²) in [5.74, 6) is 0.783. The molecule has 1 heterocycles. The van der Waals surface area contributed by atoms with Crippen LogP contribution < -0.4 is 9.46 Å². The predicted molar refractivity (Wildman–Crippen MR) is 76.2 cm³/mol. The minimum atomic E-state index is -3.19. The Hall–Kier alpha value is -1.15. The van der Waals surface area contributed by atoms with Crippen molar-refractivity contribution in [3.63, 3.8) is 0 Å². The van der Waals surface area contributed by atoms with Crippen molar-refractivity contribution in [1.82, 2.24) is 9.62 Å². The van der Waals surface area contributed by atoms with Gasteiger partial charge in [-0.05, 0) is 6.07 Å². The molecule has 0 spiro atoms. The number of rotatable bonds is 5. The molecular weight excluding hydrogens is 280 g/mol. The summed E-state index contributed by atoms with van der Waals surface area (Å²) in [6.07, 6.45) is 1.14. The Morgan fingerprint density at radius 2 is 2.20 bits per heavy atom. The third-order valence-corrected chi connectivity index (χ3v) is 4.02. The number of nitrogens with one attached hydrogen (secondary N) is 1. The molecule has 1 atom stereocenters. The Bertz CT molecular complexity index is 547. The molecule has 1 aromatic rings. The van der Waals surface area contributed by atoms with Gasteiger partial charge in [0, 0.05) is 25.2 Å². The molecule has 2 N–H and O–H groups in total. The standard InChI is InChI=1S/C13H20N2O4S/c1-20(17,18)14-6-7-15-8-9-19-13-5-3-2-4-11(13)12(15)10-16/h2-5,12,14,16H,6-10H2,1H3. The molecule has 0 bridgehead atoms. The summed E-state index contributed by atoms with van der Waals surface area (Å²) >= 11 is 0. The van der Waals surface area contributed by atoms with Crippen LogP contribution in [-0.2, 0) is 10.0 Å². The van der Waals surface area contributed by atoms with E-state index in [1.807, 2.05) is 29.2 Å². The molecule has 1 aromatic carbocycles. The molecule has 1 unspecified atom stereocenters. The molecule has 0 amide bonds. The zero-order valence-electron chi connectivity index (χ0n) is 11.4. The van der Waals surface area contributed by atoms with Crippen LogP contribution in [0.1, 0.15) is 11.6 Å². The number of para-hydroxylation sites is 1. The third-order valence-electron chi connectivity index (χ3n) is 3.29. The molecule has 0 saturated carbocycles. The second-order valence-electron chi connectivity index (χ2n) is 4.79. The number of hydrogen-bond donors (Lipinski definition) is 2. The maximum absolute atomic E-state index is 11.1. The minimum Gasteiger partial charge on any atom is -0.492 e. The highest BCUT2D eigenvalue weighted by molar-refractivity contribution is 7.88. The molecule has 2 rings (SSSR count). The predicted octanol–water partition coefficient (Wildman–Crippen LogP) is -0.0364. The van der Waals surface area contributed by atoms with Crippen LogP contribution in [0.25, 0.3) is 0 Å². The average Bonchev–Trinajstić information content (AvgIpc) is 2.56. The highest BCUT2D eigenvalue weighted by Crippen LogP contribution is 2.31. The smallest absolute Gasteiger partial charge is 0.208 e. The Labute approximate surface area is 119 Å². The number of fused-ring (bicyclic) bond motifs is 1. The lowest BCUT2D eigenvalue weighted by Gasteiger charge is -2.28. The SMILES string of the molecule is CS(=O)(=O)NCCN1CCOc2ccccc2C1CO. The van der Waals surface area contributed by atoms with Crippen LogP contribution in [0.3, 0.4) is 0 Å². The van der Waals surface area contributed by atoms with Crippen molar-refractivity contribution in [2.75, 3.05) is 39.1 Å². The van der Waals surface area contributed by atoms with Gasteiger partial charge in [-0.2, -0.15) is 0 Å². The minimum absolute atomic E-state index is 0.0285. The summed E-state index contributed by atoms with van der Waals surface area (Å²) in [5.41, 5.74) is 0.937. The number of aliphatic hydroxyl groups is 1. The van der Waals surface area contributed by atoms with Crippen molar-refractivity contribution in [3.8, 4) is 5.75 Å². The molecule has 0 aromatic heterocycles. The molecule has 0 radical (unpaired) electrons. The molecule has 0 aliphatic carbocycles. The Kier molecular flexibility index (Phi) is 4.98. The van der Waals surface area contributed by atoms with Crippen LogP contribution in [0.4, 0.5) is 0 Å². The topological polar surface area (TPSA) is 78.9 Å². The second kappa shape index (κ2) is 6.53. The zero-order chi connectivity index (χ0) is 14.6. The molecule has 0 fully saturated rings. The molecule has 1 aliphatic rings. The maximum atomic E-state index is 11.1. The van der Waals surface area contributed by atoms with Crippen LogP contribution in [0.5, 0.6) is 5.75 Å². The van der Waals surface area contributed by atoms with Crippen molar-refractivity contribution in [3.05, 3.63) is 29.8 Å². The van der Waals surface area contributed by atoms with E-state index < -0.39 is 10.0 Å². The summed E-state index contributed by atoms with van der Waals surface area (Å²) in [6, 6.07) is 7.45. The molecule has 6 nitrogen and oxygen atoms in total. The first-order chi connectivity index (χ1) is 9.51. The van der Waals surface area contributed by atoms with Crippen molar-refractivity contribution in [1.29, 1.82) is 0 Å². The van der Waals surface area contributed by atoms with Gasteiger partial charge in [-0.25, -0.2) is 13.1 Å². The number of sulfonamides is 1. The lowest BCUT2D eigenvalue weighted by Crippen LogP contribution is -2.39. The van der Waals surface area contributed by atoms with E-state index in [0.717, 1.165) is 17.6 Å². The molecule has 7 heteroatoms. The fourth-order valence-corrected chi connectivity index (χ4v) is 2.83. The largest absolute Gasteiger partial charge is 0.492 e. The van der Waals surface area contributed by atoms with Crippen LogP contribution in [0.2, 0.25) is 0 Å². The average molecular weight is 300 g/mol. The summed E-state index contributed by atoms with van der Waals surface area (Å²) in [4.78, 5) is 2.03. The van der Waals surface area contributed by atoms with E-state index in [0.29, 0.717) is 26.2 Å². The number of ether oxygens (including phenoxy) is 1. The van der Waals surface area contributed by atoms with E-state index in [2.05, 4.69) is 4.72 Å². The van der Waals surface area contributed by atoms with E-state index in [1.54, 1.807) is 0 Å². The van der Waals surface area contributed by atoms with Gasteiger partial charge in [0.2, 0.25) is 10.0 Å². The number of nitrogens with zero attached hydrogens (tertiary/aromatic N) is 1. The van der Waals surface area contributed by atoms with Gasteiger partial charge in [-0.15, -0.1) is 0 Å². The fraction of sp³-hybridized carbons (Fsp3) is 0.538. The van der Waals surface area contributed by atoms with Gasteiger partial charge in [-0.3, -0.25) is 4.90 Å². The number of aliphatic hydroxyl groups excluding tert-OH is 1. The zero-order valence-corrected chi connectivity index (χ0v) is 12.3. The molecule has 1 aliphatic heterocycles. The van der Waals surface area contributed by atoms with Gasteiger partial charge in [0.05, 0.1) is 18.9 Å². The normalized spacial score (nSPS) is 20.0. The van der Waals surface area contributed by atoms with Gasteiger partial charge in [-0.1, -0.05) is 18.2 Å². The van der Waals surface area contributed by atoms with E-state index in [9.17, 15) is 13.5 Å². The lowest BCUT2D eigenvalue weighted by atomic mass is 10.1. The first-order valence-corrected chi connectivity index (χ1v) is 8.41. The number of hydrogen-bond acceptors (Lipinski definition) is 5. The van der Waals surface area contributed by atoms with Crippen LogP contribution >= 0.6 is 0 Å². The number of benzene rings is 1.